The summed E-state index contributed by atoms with van der Waals surface area (Å²) in [5.41, 5.74) is 8.23. The minimum atomic E-state index is -0.763. The molecule has 264 valence electrons. The molecule has 2 amide bonds. The van der Waals surface area contributed by atoms with E-state index < -0.39 is 23.9 Å². The number of nitrogens with zero attached hydrogens (tertiary/aromatic N) is 1. The minimum Gasteiger partial charge on any atom is -0.380 e. The molecule has 9 nitrogen and oxygen atoms in total. The lowest BCUT2D eigenvalue weighted by Crippen LogP contribution is -2.47. The highest BCUT2D eigenvalue weighted by Gasteiger charge is 2.33. The zero-order valence-corrected chi connectivity index (χ0v) is 29.5. The van der Waals surface area contributed by atoms with Gasteiger partial charge in [0, 0.05) is 50.4 Å². The van der Waals surface area contributed by atoms with Gasteiger partial charge in [-0.05, 0) is 62.1 Å². The van der Waals surface area contributed by atoms with Crippen molar-refractivity contribution in [2.75, 3.05) is 32.8 Å². The van der Waals surface area contributed by atoms with Crippen molar-refractivity contribution in [3.8, 4) is 0 Å². The van der Waals surface area contributed by atoms with Gasteiger partial charge in [0.2, 0.25) is 11.8 Å². The van der Waals surface area contributed by atoms with Crippen LogP contribution in [0.2, 0.25) is 0 Å². The van der Waals surface area contributed by atoms with E-state index >= 15 is 0 Å². The Morgan fingerprint density at radius 3 is 2.06 bits per heavy atom. The number of rotatable bonds is 20. The molecule has 0 bridgehead atoms. The van der Waals surface area contributed by atoms with Crippen molar-refractivity contribution >= 4 is 23.4 Å². The minimum absolute atomic E-state index is 0.0204. The van der Waals surface area contributed by atoms with Crippen LogP contribution in [0.3, 0.4) is 0 Å². The molecule has 0 aliphatic carbocycles. The summed E-state index contributed by atoms with van der Waals surface area (Å²) < 4.78 is 5.57. The summed E-state index contributed by atoms with van der Waals surface area (Å²) in [6.07, 6.45) is 3.31. The van der Waals surface area contributed by atoms with Gasteiger partial charge in [0.1, 0.15) is 0 Å². The van der Waals surface area contributed by atoms with Gasteiger partial charge in [0.25, 0.3) is 0 Å². The van der Waals surface area contributed by atoms with Crippen LogP contribution in [0.5, 0.6) is 0 Å². The van der Waals surface area contributed by atoms with Gasteiger partial charge in [-0.25, -0.2) is 0 Å². The Morgan fingerprint density at radius 2 is 1.44 bits per heavy atom. The van der Waals surface area contributed by atoms with Gasteiger partial charge in [0.05, 0.1) is 18.7 Å². The molecule has 48 heavy (non-hydrogen) atoms. The highest BCUT2D eigenvalue weighted by molar-refractivity contribution is 5.94. The Morgan fingerprint density at radius 1 is 0.812 bits per heavy atom. The fourth-order valence-corrected chi connectivity index (χ4v) is 6.23. The van der Waals surface area contributed by atoms with Gasteiger partial charge in [-0.1, -0.05) is 88.4 Å². The first-order chi connectivity index (χ1) is 23.0. The average Bonchev–Trinajstić information content (AvgIpc) is 3.35. The van der Waals surface area contributed by atoms with Crippen LogP contribution < -0.4 is 16.4 Å². The van der Waals surface area contributed by atoms with Crippen molar-refractivity contribution in [3.05, 3.63) is 71.8 Å². The summed E-state index contributed by atoms with van der Waals surface area (Å²) in [5, 5.41) is 6.44. The maximum atomic E-state index is 14.0. The van der Waals surface area contributed by atoms with Crippen molar-refractivity contribution in [1.82, 2.24) is 15.5 Å². The van der Waals surface area contributed by atoms with E-state index in [2.05, 4.69) is 24.5 Å². The number of nitrogens with two attached hydrogens (primary N) is 1. The fraction of sp³-hybridized carbons (Fsp3) is 0.590. The second kappa shape index (κ2) is 20.9. The van der Waals surface area contributed by atoms with Crippen LogP contribution in [0.25, 0.3) is 0 Å². The van der Waals surface area contributed by atoms with E-state index in [1.54, 1.807) is 0 Å². The Balaban J connectivity index is 1.77. The molecule has 3 rings (SSSR count). The molecule has 0 unspecified atom stereocenters. The molecule has 1 saturated heterocycles. The fourth-order valence-electron chi connectivity index (χ4n) is 6.23. The maximum Gasteiger partial charge on any atom is 0.226 e. The molecule has 4 N–H and O–H groups in total. The third-order valence-corrected chi connectivity index (χ3v) is 8.88. The van der Waals surface area contributed by atoms with Gasteiger partial charge in [-0.2, -0.15) is 0 Å². The number of nitrogens with one attached hydrogen (secondary N) is 2. The molecule has 2 aromatic rings. The summed E-state index contributed by atoms with van der Waals surface area (Å²) in [7, 11) is 0. The van der Waals surface area contributed by atoms with Crippen molar-refractivity contribution < 1.29 is 23.9 Å². The number of ether oxygens (including phenoxy) is 1. The number of Topliss-reactive ketones (excluding diaryl/α,β-unsaturated/α-hetero) is 2. The van der Waals surface area contributed by atoms with E-state index in [-0.39, 0.29) is 42.1 Å². The van der Waals surface area contributed by atoms with Crippen molar-refractivity contribution in [3.63, 3.8) is 0 Å². The SMILES string of the molecule is CC(C)C[C@@H](NC(=O)[C@H](CC(=O)[C@H](N)Cc1ccccc1)Cc1ccccc1)C(=O)C[C@H](CCCNC(C)C)C(=O)N1CCCOCC1. The molecule has 1 aliphatic heterocycles. The summed E-state index contributed by atoms with van der Waals surface area (Å²) in [5.74, 6) is -1.75. The molecular formula is C39H58N4O5. The van der Waals surface area contributed by atoms with E-state index in [4.69, 9.17) is 10.5 Å². The largest absolute Gasteiger partial charge is 0.380 e. The normalized spacial score (nSPS) is 16.2. The molecule has 0 radical (unpaired) electrons. The molecule has 0 aromatic heterocycles. The van der Waals surface area contributed by atoms with Gasteiger partial charge in [0.15, 0.2) is 11.6 Å². The maximum absolute atomic E-state index is 14.0. The van der Waals surface area contributed by atoms with E-state index in [1.165, 1.54) is 0 Å². The van der Waals surface area contributed by atoms with Crippen LogP contribution in [0, 0.1) is 17.8 Å². The predicted octanol–water partition coefficient (Wildman–Crippen LogP) is 4.51. The number of ketones is 2. The smallest absolute Gasteiger partial charge is 0.226 e. The van der Waals surface area contributed by atoms with E-state index in [1.807, 2.05) is 79.4 Å². The summed E-state index contributed by atoms with van der Waals surface area (Å²) in [6.45, 7) is 11.2. The lowest BCUT2D eigenvalue weighted by molar-refractivity contribution is -0.139. The number of hydrogen-bond acceptors (Lipinski definition) is 7. The molecule has 9 heteroatoms. The summed E-state index contributed by atoms with van der Waals surface area (Å²) >= 11 is 0. The van der Waals surface area contributed by atoms with Crippen LogP contribution in [0.15, 0.2) is 60.7 Å². The second-order valence-electron chi connectivity index (χ2n) is 14.0. The van der Waals surface area contributed by atoms with Crippen molar-refractivity contribution in [1.29, 1.82) is 0 Å². The molecule has 1 aliphatic rings. The Hall–Kier alpha value is -3.40. The standard InChI is InChI=1S/C39H58N4O5/c1-28(2)23-35(37(45)26-32(17-11-18-41-29(3)4)39(47)43-19-12-21-48-22-20-43)42-38(46)33(24-30-13-7-5-8-14-30)27-36(44)34(40)25-31-15-9-6-10-16-31/h5-10,13-16,28-29,32-35,41H,11-12,17-27,40H2,1-4H3,(H,42,46)/t32-,33-,34+,35+/m0/s1. The average molecular weight is 663 g/mol. The Labute approximate surface area is 287 Å². The van der Waals surface area contributed by atoms with Crippen molar-refractivity contribution in [2.45, 2.75) is 97.2 Å². The number of benzene rings is 2. The lowest BCUT2D eigenvalue weighted by atomic mass is 9.87. The third kappa shape index (κ3) is 14.0. The first-order valence-electron chi connectivity index (χ1n) is 17.8. The van der Waals surface area contributed by atoms with Crippen LogP contribution >= 0.6 is 0 Å². The molecule has 1 fully saturated rings. The Kier molecular flexibility index (Phi) is 17.0. The highest BCUT2D eigenvalue weighted by atomic mass is 16.5. The van der Waals surface area contributed by atoms with Gasteiger partial charge in [-0.3, -0.25) is 19.2 Å². The van der Waals surface area contributed by atoms with Gasteiger partial charge >= 0.3 is 0 Å². The van der Waals surface area contributed by atoms with Gasteiger partial charge in [-0.15, -0.1) is 0 Å². The third-order valence-electron chi connectivity index (χ3n) is 8.88. The number of carbonyl (C=O) groups excluding carboxylic acids is 4. The second-order valence-corrected chi connectivity index (χ2v) is 14.0. The summed E-state index contributed by atoms with van der Waals surface area (Å²) in [6, 6.07) is 18.0. The molecular weight excluding hydrogens is 604 g/mol. The van der Waals surface area contributed by atoms with E-state index in [0.717, 1.165) is 30.5 Å². The first kappa shape index (κ1) is 39.0. The Bertz CT molecular complexity index is 1260. The quantitative estimate of drug-likeness (QED) is 0.178. The first-order valence-corrected chi connectivity index (χ1v) is 17.8. The summed E-state index contributed by atoms with van der Waals surface area (Å²) in [4.78, 5) is 57.0. The van der Waals surface area contributed by atoms with Crippen LogP contribution in [0.4, 0.5) is 0 Å². The predicted molar refractivity (Wildman–Crippen MR) is 190 cm³/mol. The number of hydrogen-bond donors (Lipinski definition) is 3. The van der Waals surface area contributed by atoms with Gasteiger partial charge < -0.3 is 26.0 Å². The molecule has 4 atom stereocenters. The van der Waals surface area contributed by atoms with E-state index in [9.17, 15) is 19.2 Å². The van der Waals surface area contributed by atoms with Crippen LogP contribution in [0.1, 0.15) is 77.3 Å². The van der Waals surface area contributed by atoms with Crippen molar-refractivity contribution in [2.24, 2.45) is 23.5 Å². The van der Waals surface area contributed by atoms with Crippen LogP contribution in [-0.4, -0.2) is 79.3 Å². The van der Waals surface area contributed by atoms with E-state index in [0.29, 0.717) is 58.0 Å². The zero-order valence-electron chi connectivity index (χ0n) is 29.5. The number of amides is 2. The monoisotopic (exact) mass is 662 g/mol. The lowest BCUT2D eigenvalue weighted by Gasteiger charge is -2.28. The molecule has 2 aromatic carbocycles. The molecule has 0 spiro atoms. The number of carbonyl (C=O) groups is 4. The highest BCUT2D eigenvalue weighted by Crippen LogP contribution is 2.21. The zero-order chi connectivity index (χ0) is 34.9. The molecule has 0 saturated carbocycles. The topological polar surface area (TPSA) is 131 Å². The van der Waals surface area contributed by atoms with Crippen LogP contribution in [-0.2, 0) is 36.8 Å². The molecule has 1 heterocycles.